The predicted octanol–water partition coefficient (Wildman–Crippen LogP) is 5.67. The molecule has 0 aromatic heterocycles. The molecule has 1 fully saturated rings. The summed E-state index contributed by atoms with van der Waals surface area (Å²) >= 11 is 14.1. The van der Waals surface area contributed by atoms with Crippen molar-refractivity contribution < 1.29 is 9.53 Å². The largest absolute Gasteiger partial charge is 0.494 e. The number of nitrogens with one attached hydrogen (secondary N) is 1. The lowest BCUT2D eigenvalue weighted by Gasteiger charge is -2.25. The molecule has 7 heteroatoms. The van der Waals surface area contributed by atoms with Crippen molar-refractivity contribution in [1.82, 2.24) is 4.90 Å². The standard InChI is InChI=1S/C18H18Cl2N2O2S/c1-2-24-13-8-6-12(7-9-13)21-18(23)22-10-11-25-17(22)14-4-3-5-15(19)16(14)20/h3-9,17H,2,10-11H2,1H3,(H,21,23). The zero-order chi connectivity index (χ0) is 17.8. The predicted molar refractivity (Wildman–Crippen MR) is 105 cm³/mol. The van der Waals surface area contributed by atoms with E-state index in [4.69, 9.17) is 27.9 Å². The van der Waals surface area contributed by atoms with Crippen molar-refractivity contribution in [2.45, 2.75) is 12.3 Å². The van der Waals surface area contributed by atoms with E-state index in [-0.39, 0.29) is 11.4 Å². The Morgan fingerprint density at radius 1 is 1.28 bits per heavy atom. The second-order valence-corrected chi connectivity index (χ2v) is 7.42. The van der Waals surface area contributed by atoms with Crippen LogP contribution in [0.4, 0.5) is 10.5 Å². The normalized spacial score (nSPS) is 16.8. The molecule has 25 heavy (non-hydrogen) atoms. The SMILES string of the molecule is CCOc1ccc(NC(=O)N2CCSC2c2cccc(Cl)c2Cl)cc1. The minimum absolute atomic E-state index is 0.145. The monoisotopic (exact) mass is 396 g/mol. The molecule has 2 amide bonds. The molecule has 1 N–H and O–H groups in total. The van der Waals surface area contributed by atoms with Gasteiger partial charge >= 0.3 is 6.03 Å². The van der Waals surface area contributed by atoms with Crippen LogP contribution in [-0.4, -0.2) is 29.8 Å². The number of carbonyl (C=O) groups is 1. The summed E-state index contributed by atoms with van der Waals surface area (Å²) in [5, 5.41) is 3.79. The van der Waals surface area contributed by atoms with Gasteiger partial charge in [0.2, 0.25) is 0 Å². The van der Waals surface area contributed by atoms with Crippen molar-refractivity contribution in [3.63, 3.8) is 0 Å². The molecule has 0 saturated carbocycles. The number of amides is 2. The van der Waals surface area contributed by atoms with Crippen LogP contribution in [0.3, 0.4) is 0 Å². The van der Waals surface area contributed by atoms with Gasteiger partial charge in [-0.3, -0.25) is 0 Å². The van der Waals surface area contributed by atoms with Gasteiger partial charge in [0.25, 0.3) is 0 Å². The van der Waals surface area contributed by atoms with Gasteiger partial charge in [-0.1, -0.05) is 35.3 Å². The molecule has 1 unspecified atom stereocenters. The highest BCUT2D eigenvalue weighted by atomic mass is 35.5. The van der Waals surface area contributed by atoms with Crippen LogP contribution in [0.5, 0.6) is 5.75 Å². The van der Waals surface area contributed by atoms with Gasteiger partial charge in [-0.25, -0.2) is 4.79 Å². The second kappa shape index (κ2) is 8.21. The average Bonchev–Trinajstić information content (AvgIpc) is 3.09. The maximum Gasteiger partial charge on any atom is 0.323 e. The Morgan fingerprint density at radius 2 is 2.04 bits per heavy atom. The lowest BCUT2D eigenvalue weighted by Crippen LogP contribution is -2.34. The van der Waals surface area contributed by atoms with Gasteiger partial charge in [-0.05, 0) is 37.3 Å². The van der Waals surface area contributed by atoms with E-state index in [9.17, 15) is 4.79 Å². The van der Waals surface area contributed by atoms with Gasteiger partial charge in [-0.2, -0.15) is 0 Å². The van der Waals surface area contributed by atoms with Crippen molar-refractivity contribution >= 4 is 46.7 Å². The molecule has 1 saturated heterocycles. The number of urea groups is 1. The van der Waals surface area contributed by atoms with Gasteiger partial charge in [0.1, 0.15) is 11.1 Å². The van der Waals surface area contributed by atoms with Crippen molar-refractivity contribution in [1.29, 1.82) is 0 Å². The van der Waals surface area contributed by atoms with Crippen molar-refractivity contribution in [2.24, 2.45) is 0 Å². The summed E-state index contributed by atoms with van der Waals surface area (Å²) < 4.78 is 5.41. The maximum absolute atomic E-state index is 12.7. The van der Waals surface area contributed by atoms with Crippen molar-refractivity contribution in [3.05, 3.63) is 58.1 Å². The van der Waals surface area contributed by atoms with E-state index >= 15 is 0 Å². The molecule has 0 bridgehead atoms. The highest BCUT2D eigenvalue weighted by molar-refractivity contribution is 7.99. The van der Waals surface area contributed by atoms with Gasteiger partial charge in [0.15, 0.2) is 0 Å². The third kappa shape index (κ3) is 4.17. The first-order chi connectivity index (χ1) is 12.1. The third-order valence-corrected chi connectivity index (χ3v) is 5.89. The minimum atomic E-state index is -0.157. The smallest absolute Gasteiger partial charge is 0.323 e. The Balaban J connectivity index is 1.73. The van der Waals surface area contributed by atoms with Crippen LogP contribution in [0.15, 0.2) is 42.5 Å². The summed E-state index contributed by atoms with van der Waals surface area (Å²) in [4.78, 5) is 14.5. The maximum atomic E-state index is 12.7. The topological polar surface area (TPSA) is 41.6 Å². The molecule has 4 nitrogen and oxygen atoms in total. The minimum Gasteiger partial charge on any atom is -0.494 e. The van der Waals surface area contributed by atoms with Crippen LogP contribution in [0.2, 0.25) is 10.0 Å². The quantitative estimate of drug-likeness (QED) is 0.723. The number of hydrogen-bond donors (Lipinski definition) is 1. The molecular formula is C18H18Cl2N2O2S. The number of ether oxygens (including phenoxy) is 1. The van der Waals surface area contributed by atoms with Crippen molar-refractivity contribution in [3.8, 4) is 5.75 Å². The van der Waals surface area contributed by atoms with E-state index in [0.717, 1.165) is 22.8 Å². The summed E-state index contributed by atoms with van der Waals surface area (Å²) in [6.45, 7) is 3.20. The van der Waals surface area contributed by atoms with Crippen LogP contribution in [0.1, 0.15) is 17.9 Å². The molecule has 0 aliphatic carbocycles. The number of carbonyl (C=O) groups excluding carboxylic acids is 1. The summed E-state index contributed by atoms with van der Waals surface area (Å²) in [6.07, 6.45) is 0. The highest BCUT2D eigenvalue weighted by Gasteiger charge is 2.32. The Hall–Kier alpha value is -1.56. The zero-order valence-corrected chi connectivity index (χ0v) is 16.0. The van der Waals surface area contributed by atoms with E-state index in [1.807, 2.05) is 43.3 Å². The van der Waals surface area contributed by atoms with Gasteiger partial charge < -0.3 is 15.0 Å². The Labute approximate surface area is 161 Å². The first-order valence-electron chi connectivity index (χ1n) is 7.96. The summed E-state index contributed by atoms with van der Waals surface area (Å²) in [5.41, 5.74) is 1.58. The molecule has 2 aromatic carbocycles. The lowest BCUT2D eigenvalue weighted by atomic mass is 10.2. The highest BCUT2D eigenvalue weighted by Crippen LogP contribution is 2.42. The fraction of sp³-hybridized carbons (Fsp3) is 0.278. The number of halogens is 2. The van der Waals surface area contributed by atoms with Crippen LogP contribution >= 0.6 is 35.0 Å². The lowest BCUT2D eigenvalue weighted by molar-refractivity contribution is 0.214. The number of anilines is 1. The molecule has 0 spiro atoms. The third-order valence-electron chi connectivity index (χ3n) is 3.82. The fourth-order valence-corrected chi connectivity index (χ4v) is 4.40. The Morgan fingerprint density at radius 3 is 2.76 bits per heavy atom. The molecule has 1 aliphatic rings. The summed E-state index contributed by atoms with van der Waals surface area (Å²) in [6, 6.07) is 12.7. The molecule has 1 heterocycles. The average molecular weight is 397 g/mol. The second-order valence-electron chi connectivity index (χ2n) is 5.45. The molecule has 0 radical (unpaired) electrons. The van der Waals surface area contributed by atoms with E-state index in [1.165, 1.54) is 0 Å². The summed E-state index contributed by atoms with van der Waals surface area (Å²) in [7, 11) is 0. The molecule has 1 atom stereocenters. The molecule has 1 aliphatic heterocycles. The van der Waals surface area contributed by atoms with E-state index in [1.54, 1.807) is 22.7 Å². The Kier molecular flexibility index (Phi) is 5.99. The first kappa shape index (κ1) is 18.2. The number of nitrogens with zero attached hydrogens (tertiary/aromatic N) is 1. The molecule has 2 aromatic rings. The number of hydrogen-bond acceptors (Lipinski definition) is 3. The van der Waals surface area contributed by atoms with Crippen LogP contribution in [0.25, 0.3) is 0 Å². The van der Waals surface area contributed by atoms with Crippen LogP contribution < -0.4 is 10.1 Å². The van der Waals surface area contributed by atoms with E-state index in [2.05, 4.69) is 5.32 Å². The molecule has 132 valence electrons. The van der Waals surface area contributed by atoms with E-state index in [0.29, 0.717) is 23.2 Å². The number of thioether (sulfide) groups is 1. The first-order valence-corrected chi connectivity index (χ1v) is 9.76. The van der Waals surface area contributed by atoms with Gasteiger partial charge in [0, 0.05) is 23.5 Å². The molecule has 3 rings (SSSR count). The number of benzene rings is 2. The summed E-state index contributed by atoms with van der Waals surface area (Å²) in [5.74, 6) is 1.63. The molecular weight excluding hydrogens is 379 g/mol. The van der Waals surface area contributed by atoms with Gasteiger partial charge in [-0.15, -0.1) is 11.8 Å². The van der Waals surface area contributed by atoms with Crippen LogP contribution in [0, 0.1) is 0 Å². The van der Waals surface area contributed by atoms with Crippen molar-refractivity contribution in [2.75, 3.05) is 24.2 Å². The van der Waals surface area contributed by atoms with Gasteiger partial charge in [0.05, 0.1) is 16.7 Å². The van der Waals surface area contributed by atoms with Crippen LogP contribution in [-0.2, 0) is 0 Å². The number of rotatable bonds is 4. The zero-order valence-electron chi connectivity index (χ0n) is 13.7. The Bertz CT molecular complexity index is 755. The fourth-order valence-electron chi connectivity index (χ4n) is 2.64. The van der Waals surface area contributed by atoms with E-state index < -0.39 is 0 Å².